The number of hydrogen-bond acceptors (Lipinski definition) is 3. The first-order chi connectivity index (χ1) is 9.47. The van der Waals surface area contributed by atoms with Crippen molar-refractivity contribution in [3.63, 3.8) is 0 Å². The summed E-state index contributed by atoms with van der Waals surface area (Å²) in [5, 5.41) is 10.5. The van der Waals surface area contributed by atoms with Gasteiger partial charge < -0.3 is 9.84 Å². The van der Waals surface area contributed by atoms with Crippen molar-refractivity contribution in [2.24, 2.45) is 0 Å². The van der Waals surface area contributed by atoms with Crippen LogP contribution in [0.15, 0.2) is 6.07 Å². The first kappa shape index (κ1) is 17.1. The van der Waals surface area contributed by atoms with Gasteiger partial charge in [0.1, 0.15) is 5.75 Å². The summed E-state index contributed by atoms with van der Waals surface area (Å²) in [4.78, 5) is 11.7. The van der Waals surface area contributed by atoms with Gasteiger partial charge in [-0.25, -0.2) is 0 Å². The van der Waals surface area contributed by atoms with Crippen molar-refractivity contribution in [2.75, 3.05) is 6.61 Å². The molecule has 0 aromatic heterocycles. The van der Waals surface area contributed by atoms with E-state index >= 15 is 0 Å². The summed E-state index contributed by atoms with van der Waals surface area (Å²) in [5.74, 6) is -0.482. The van der Waals surface area contributed by atoms with Gasteiger partial charge in [-0.2, -0.15) is 0 Å². The second-order valence-electron chi connectivity index (χ2n) is 4.76. The predicted molar refractivity (Wildman–Crippen MR) is 81.7 cm³/mol. The van der Waals surface area contributed by atoms with Crippen molar-refractivity contribution in [1.82, 2.24) is 0 Å². The van der Waals surface area contributed by atoms with Crippen LogP contribution >= 0.6 is 23.2 Å². The fourth-order valence-electron chi connectivity index (χ4n) is 1.81. The fourth-order valence-corrected chi connectivity index (χ4v) is 2.31. The van der Waals surface area contributed by atoms with Gasteiger partial charge >= 0.3 is 5.97 Å². The van der Waals surface area contributed by atoms with E-state index in [0.717, 1.165) is 25.7 Å². The molecule has 0 bridgehead atoms. The zero-order valence-corrected chi connectivity index (χ0v) is 13.4. The van der Waals surface area contributed by atoms with Gasteiger partial charge in [0.25, 0.3) is 0 Å². The highest BCUT2D eigenvalue weighted by atomic mass is 35.5. The fraction of sp³-hybridized carbons (Fsp3) is 0.533. The molecule has 0 heterocycles. The van der Waals surface area contributed by atoms with Crippen molar-refractivity contribution in [3.05, 3.63) is 27.2 Å². The maximum absolute atomic E-state index is 11.7. The topological polar surface area (TPSA) is 46.5 Å². The third-order valence-corrected chi connectivity index (χ3v) is 3.95. The van der Waals surface area contributed by atoms with Crippen molar-refractivity contribution in [1.29, 1.82) is 0 Å². The van der Waals surface area contributed by atoms with Crippen LogP contribution in [-0.4, -0.2) is 17.7 Å². The van der Waals surface area contributed by atoms with Gasteiger partial charge in [0, 0.05) is 10.6 Å². The molecule has 112 valence electrons. The van der Waals surface area contributed by atoms with E-state index in [1.54, 1.807) is 13.0 Å². The number of halogens is 2. The monoisotopic (exact) mass is 318 g/mol. The van der Waals surface area contributed by atoms with Gasteiger partial charge in [0.2, 0.25) is 0 Å². The van der Waals surface area contributed by atoms with Crippen molar-refractivity contribution in [3.8, 4) is 5.75 Å². The molecule has 5 heteroatoms. The van der Waals surface area contributed by atoms with Gasteiger partial charge in [-0.1, -0.05) is 49.4 Å². The molecule has 0 fully saturated rings. The third kappa shape index (κ3) is 4.88. The SMILES string of the molecule is CCCCCCOC(=O)Cc1cc(Cl)c(C)c(Cl)c1O. The minimum absolute atomic E-state index is 0.0284. The number of phenolic OH excluding ortho intramolecular Hbond substituents is 1. The molecular formula is C15H20Cl2O3. The molecule has 0 aliphatic carbocycles. The largest absolute Gasteiger partial charge is 0.506 e. The molecule has 0 saturated carbocycles. The Hall–Kier alpha value is -0.930. The number of phenols is 1. The highest BCUT2D eigenvalue weighted by molar-refractivity contribution is 6.37. The van der Waals surface area contributed by atoms with E-state index in [1.807, 2.05) is 0 Å². The van der Waals surface area contributed by atoms with Gasteiger partial charge in [-0.15, -0.1) is 0 Å². The lowest BCUT2D eigenvalue weighted by Gasteiger charge is -2.10. The molecule has 0 amide bonds. The normalized spacial score (nSPS) is 10.6. The lowest BCUT2D eigenvalue weighted by Crippen LogP contribution is -2.09. The zero-order valence-electron chi connectivity index (χ0n) is 11.8. The molecule has 0 aliphatic rings. The minimum atomic E-state index is -0.382. The van der Waals surface area contributed by atoms with Crippen LogP contribution in [0.5, 0.6) is 5.75 Å². The molecule has 0 radical (unpaired) electrons. The Morgan fingerprint density at radius 3 is 2.65 bits per heavy atom. The Bertz CT molecular complexity index is 473. The smallest absolute Gasteiger partial charge is 0.310 e. The van der Waals surface area contributed by atoms with Crippen LogP contribution < -0.4 is 0 Å². The average molecular weight is 319 g/mol. The van der Waals surface area contributed by atoms with E-state index < -0.39 is 0 Å². The number of carbonyl (C=O) groups excluding carboxylic acids is 1. The summed E-state index contributed by atoms with van der Waals surface area (Å²) in [5.41, 5.74) is 0.992. The molecule has 0 saturated heterocycles. The summed E-state index contributed by atoms with van der Waals surface area (Å²) in [6.07, 6.45) is 4.17. The standard InChI is InChI=1S/C15H20Cl2O3/c1-3-4-5-6-7-20-13(18)9-11-8-12(16)10(2)14(17)15(11)19/h8,19H,3-7,9H2,1-2H3. The molecule has 0 spiro atoms. The summed E-state index contributed by atoms with van der Waals surface area (Å²) in [6, 6.07) is 1.55. The maximum Gasteiger partial charge on any atom is 0.310 e. The number of ether oxygens (including phenoxy) is 1. The summed E-state index contributed by atoms with van der Waals surface area (Å²) in [6.45, 7) is 4.24. The molecule has 0 atom stereocenters. The van der Waals surface area contributed by atoms with Gasteiger partial charge in [0.05, 0.1) is 18.1 Å². The Kier molecular flexibility index (Phi) is 7.17. The second kappa shape index (κ2) is 8.38. The molecular weight excluding hydrogens is 299 g/mol. The van der Waals surface area contributed by atoms with Crippen LogP contribution in [0, 0.1) is 6.92 Å². The Morgan fingerprint density at radius 1 is 1.30 bits per heavy atom. The second-order valence-corrected chi connectivity index (χ2v) is 5.55. The predicted octanol–water partition coefficient (Wildman–Crippen LogP) is 4.67. The minimum Gasteiger partial charge on any atom is -0.506 e. The highest BCUT2D eigenvalue weighted by Crippen LogP contribution is 2.35. The van der Waals surface area contributed by atoms with E-state index in [0.29, 0.717) is 22.8 Å². The molecule has 1 N–H and O–H groups in total. The quantitative estimate of drug-likeness (QED) is 0.586. The molecule has 1 rings (SSSR count). The third-order valence-electron chi connectivity index (χ3n) is 3.10. The van der Waals surface area contributed by atoms with Gasteiger partial charge in [-0.05, 0) is 25.0 Å². The van der Waals surface area contributed by atoms with E-state index in [-0.39, 0.29) is 23.2 Å². The van der Waals surface area contributed by atoms with Gasteiger partial charge in [-0.3, -0.25) is 4.79 Å². The Morgan fingerprint density at radius 2 is 2.00 bits per heavy atom. The number of benzene rings is 1. The van der Waals surface area contributed by atoms with E-state index in [4.69, 9.17) is 27.9 Å². The number of carbonyl (C=O) groups is 1. The molecule has 0 aliphatic heterocycles. The van der Waals surface area contributed by atoms with Crippen LogP contribution in [0.3, 0.4) is 0 Å². The number of rotatable bonds is 7. The molecule has 0 unspecified atom stereocenters. The first-order valence-electron chi connectivity index (χ1n) is 6.79. The van der Waals surface area contributed by atoms with Crippen molar-refractivity contribution in [2.45, 2.75) is 46.0 Å². The van der Waals surface area contributed by atoms with Crippen molar-refractivity contribution >= 4 is 29.2 Å². The lowest BCUT2D eigenvalue weighted by molar-refractivity contribution is -0.143. The zero-order chi connectivity index (χ0) is 15.1. The van der Waals surface area contributed by atoms with Crippen LogP contribution in [0.1, 0.15) is 43.7 Å². The molecule has 1 aromatic carbocycles. The highest BCUT2D eigenvalue weighted by Gasteiger charge is 2.15. The van der Waals surface area contributed by atoms with Crippen molar-refractivity contribution < 1.29 is 14.6 Å². The maximum atomic E-state index is 11.7. The molecule has 3 nitrogen and oxygen atoms in total. The van der Waals surface area contributed by atoms with E-state index in [2.05, 4.69) is 6.92 Å². The van der Waals surface area contributed by atoms with Crippen LogP contribution in [0.4, 0.5) is 0 Å². The molecule has 20 heavy (non-hydrogen) atoms. The Labute approximate surface area is 129 Å². The summed E-state index contributed by atoms with van der Waals surface area (Å²) >= 11 is 11.9. The average Bonchev–Trinajstić information content (AvgIpc) is 2.42. The summed E-state index contributed by atoms with van der Waals surface area (Å²) < 4.78 is 5.12. The number of unbranched alkanes of at least 4 members (excludes halogenated alkanes) is 3. The summed E-state index contributed by atoms with van der Waals surface area (Å²) in [7, 11) is 0. The van der Waals surface area contributed by atoms with Crippen LogP contribution in [-0.2, 0) is 16.0 Å². The Balaban J connectivity index is 2.54. The lowest BCUT2D eigenvalue weighted by atomic mass is 10.1. The van der Waals surface area contributed by atoms with Crippen LogP contribution in [0.25, 0.3) is 0 Å². The number of aromatic hydroxyl groups is 1. The number of esters is 1. The first-order valence-corrected chi connectivity index (χ1v) is 7.55. The number of hydrogen-bond donors (Lipinski definition) is 1. The van der Waals surface area contributed by atoms with Crippen LogP contribution in [0.2, 0.25) is 10.0 Å². The van der Waals surface area contributed by atoms with E-state index in [9.17, 15) is 9.90 Å². The van der Waals surface area contributed by atoms with E-state index in [1.165, 1.54) is 0 Å². The molecule has 1 aromatic rings. The van der Waals surface area contributed by atoms with Gasteiger partial charge in [0.15, 0.2) is 0 Å².